The Morgan fingerprint density at radius 1 is 0.864 bits per heavy atom. The predicted molar refractivity (Wildman–Crippen MR) is 90.2 cm³/mol. The highest BCUT2D eigenvalue weighted by atomic mass is 32.2. The predicted octanol–water partition coefficient (Wildman–Crippen LogP) is 2.54. The van der Waals surface area contributed by atoms with Gasteiger partial charge in [0.15, 0.2) is 9.84 Å². The van der Waals surface area contributed by atoms with Crippen LogP contribution in [0.5, 0.6) is 0 Å². The minimum Gasteiger partial charge on any atom is -0.229 e. The topological polar surface area (TPSA) is 68.3 Å². The molecule has 0 aromatic carbocycles. The van der Waals surface area contributed by atoms with Gasteiger partial charge in [0.2, 0.25) is 0 Å². The van der Waals surface area contributed by atoms with Crippen molar-refractivity contribution in [3.8, 4) is 0 Å². The van der Waals surface area contributed by atoms with E-state index >= 15 is 0 Å². The van der Waals surface area contributed by atoms with Gasteiger partial charge < -0.3 is 0 Å². The summed E-state index contributed by atoms with van der Waals surface area (Å²) < 4.78 is 47.3. The molecule has 130 valence electrons. The zero-order chi connectivity index (χ0) is 16.5. The Labute approximate surface area is 135 Å². The number of hydrogen-bond donors (Lipinski definition) is 0. The highest BCUT2D eigenvalue weighted by Crippen LogP contribution is 2.36. The molecule has 4 nitrogen and oxygen atoms in total. The lowest BCUT2D eigenvalue weighted by molar-refractivity contribution is 0.235. The summed E-state index contributed by atoms with van der Waals surface area (Å²) in [5.74, 6) is 3.07. The second kappa shape index (κ2) is 6.80. The summed E-state index contributed by atoms with van der Waals surface area (Å²) in [4.78, 5) is 0. The molecule has 0 aromatic rings. The van der Waals surface area contributed by atoms with Crippen molar-refractivity contribution in [3.05, 3.63) is 0 Å². The van der Waals surface area contributed by atoms with E-state index in [2.05, 4.69) is 20.8 Å². The summed E-state index contributed by atoms with van der Waals surface area (Å²) in [6.07, 6.45) is 3.42. The second-order valence-electron chi connectivity index (χ2n) is 7.88. The lowest BCUT2D eigenvalue weighted by Crippen LogP contribution is -2.36. The van der Waals surface area contributed by atoms with E-state index < -0.39 is 19.7 Å². The number of rotatable bonds is 4. The minimum absolute atomic E-state index is 0.250. The Hall–Kier alpha value is -0.100. The Balaban J connectivity index is 1.94. The molecule has 2 saturated heterocycles. The van der Waals surface area contributed by atoms with Crippen LogP contribution >= 0.6 is 0 Å². The summed E-state index contributed by atoms with van der Waals surface area (Å²) in [5, 5.41) is 0. The molecule has 2 rings (SSSR count). The van der Waals surface area contributed by atoms with Crippen LogP contribution in [0.3, 0.4) is 0 Å². The zero-order valence-corrected chi connectivity index (χ0v) is 15.6. The van der Waals surface area contributed by atoms with Gasteiger partial charge in [0.1, 0.15) is 9.84 Å². The Morgan fingerprint density at radius 3 is 2.00 bits per heavy atom. The number of sulfone groups is 2. The maximum absolute atomic E-state index is 12.1. The highest BCUT2D eigenvalue weighted by molar-refractivity contribution is 7.91. The molecule has 3 unspecified atom stereocenters. The molecule has 2 aliphatic rings. The molecule has 2 fully saturated rings. The average molecular weight is 351 g/mol. The molecule has 0 spiro atoms. The maximum atomic E-state index is 12.1. The molecule has 2 aliphatic heterocycles. The molecular weight excluding hydrogens is 320 g/mol. The van der Waals surface area contributed by atoms with E-state index in [1.54, 1.807) is 0 Å². The lowest BCUT2D eigenvalue weighted by atomic mass is 9.79. The summed E-state index contributed by atoms with van der Waals surface area (Å²) in [5.41, 5.74) is 0. The fourth-order valence-corrected chi connectivity index (χ4v) is 7.97. The van der Waals surface area contributed by atoms with E-state index in [1.807, 2.05) is 0 Å². The molecule has 0 radical (unpaired) electrons. The van der Waals surface area contributed by atoms with Crippen LogP contribution in [-0.4, -0.2) is 39.8 Å². The van der Waals surface area contributed by atoms with E-state index in [0.717, 1.165) is 25.7 Å². The first-order valence-electron chi connectivity index (χ1n) is 8.49. The molecule has 0 saturated carbocycles. The Bertz CT molecular complexity index is 563. The van der Waals surface area contributed by atoms with Gasteiger partial charge in [-0.05, 0) is 55.3 Å². The van der Waals surface area contributed by atoms with Crippen LogP contribution in [-0.2, 0) is 19.7 Å². The molecular formula is C16H30O4S2. The summed E-state index contributed by atoms with van der Waals surface area (Å²) in [6, 6.07) is 0. The van der Waals surface area contributed by atoms with Gasteiger partial charge in [-0.15, -0.1) is 0 Å². The molecule has 0 N–H and O–H groups in total. The molecule has 0 aromatic heterocycles. The quantitative estimate of drug-likeness (QED) is 0.781. The summed E-state index contributed by atoms with van der Waals surface area (Å²) in [6.45, 7) is 6.39. The fraction of sp³-hybridized carbons (Fsp3) is 1.00. The van der Waals surface area contributed by atoms with E-state index in [4.69, 9.17) is 0 Å². The first-order chi connectivity index (χ1) is 10.1. The molecule has 6 heteroatoms. The van der Waals surface area contributed by atoms with Crippen molar-refractivity contribution in [3.63, 3.8) is 0 Å². The summed E-state index contributed by atoms with van der Waals surface area (Å²) >= 11 is 0. The largest absolute Gasteiger partial charge is 0.229 e. The average Bonchev–Trinajstić information content (AvgIpc) is 2.36. The van der Waals surface area contributed by atoms with Crippen LogP contribution < -0.4 is 0 Å². The third-order valence-corrected chi connectivity index (χ3v) is 9.28. The van der Waals surface area contributed by atoms with Gasteiger partial charge in [-0.25, -0.2) is 16.8 Å². The minimum atomic E-state index is -2.92. The zero-order valence-electron chi connectivity index (χ0n) is 14.0. The van der Waals surface area contributed by atoms with Crippen molar-refractivity contribution >= 4 is 19.7 Å². The Kier molecular flexibility index (Phi) is 5.63. The van der Waals surface area contributed by atoms with Crippen molar-refractivity contribution in [2.24, 2.45) is 29.6 Å². The van der Waals surface area contributed by atoms with Gasteiger partial charge in [-0.3, -0.25) is 0 Å². The van der Waals surface area contributed by atoms with Crippen molar-refractivity contribution in [2.75, 3.05) is 23.0 Å². The molecule has 0 bridgehead atoms. The smallest absolute Gasteiger partial charge is 0.150 e. The van der Waals surface area contributed by atoms with Crippen LogP contribution in [0.25, 0.3) is 0 Å². The van der Waals surface area contributed by atoms with Gasteiger partial charge in [0.25, 0.3) is 0 Å². The molecule has 3 atom stereocenters. The van der Waals surface area contributed by atoms with Crippen LogP contribution in [0.2, 0.25) is 0 Å². The SMILES string of the molecule is CC(C)C1CC(CC(C)C2CCS(=O)(=O)CC2)CS(=O)(=O)C1. The third kappa shape index (κ3) is 4.95. The van der Waals surface area contributed by atoms with Gasteiger partial charge >= 0.3 is 0 Å². The molecule has 22 heavy (non-hydrogen) atoms. The van der Waals surface area contributed by atoms with Gasteiger partial charge in [0, 0.05) is 0 Å². The maximum Gasteiger partial charge on any atom is 0.150 e. The van der Waals surface area contributed by atoms with Crippen LogP contribution in [0.4, 0.5) is 0 Å². The third-order valence-electron chi connectivity index (χ3n) is 5.65. The number of hydrogen-bond acceptors (Lipinski definition) is 4. The van der Waals surface area contributed by atoms with Gasteiger partial charge in [-0.2, -0.15) is 0 Å². The van der Waals surface area contributed by atoms with Crippen LogP contribution in [0.1, 0.15) is 46.5 Å². The molecule has 2 heterocycles. The van der Waals surface area contributed by atoms with Gasteiger partial charge in [-0.1, -0.05) is 20.8 Å². The summed E-state index contributed by atoms with van der Waals surface area (Å²) in [7, 11) is -5.73. The van der Waals surface area contributed by atoms with Crippen molar-refractivity contribution < 1.29 is 16.8 Å². The first-order valence-corrected chi connectivity index (χ1v) is 12.1. The van der Waals surface area contributed by atoms with Crippen molar-refractivity contribution in [1.82, 2.24) is 0 Å². The van der Waals surface area contributed by atoms with Crippen molar-refractivity contribution in [1.29, 1.82) is 0 Å². The second-order valence-corrected chi connectivity index (χ2v) is 12.3. The van der Waals surface area contributed by atoms with E-state index in [9.17, 15) is 16.8 Å². The van der Waals surface area contributed by atoms with E-state index in [0.29, 0.717) is 40.8 Å². The van der Waals surface area contributed by atoms with Crippen molar-refractivity contribution in [2.45, 2.75) is 46.5 Å². The molecule has 0 amide bonds. The van der Waals surface area contributed by atoms with Crippen LogP contribution in [0, 0.1) is 29.6 Å². The fourth-order valence-electron chi connectivity index (χ4n) is 4.14. The van der Waals surface area contributed by atoms with Crippen LogP contribution in [0.15, 0.2) is 0 Å². The highest BCUT2D eigenvalue weighted by Gasteiger charge is 2.35. The standard InChI is InChI=1S/C16H30O4S2/c1-12(2)16-9-14(10-22(19,20)11-16)8-13(3)15-4-6-21(17,18)7-5-15/h12-16H,4-11H2,1-3H3. The Morgan fingerprint density at radius 2 is 1.45 bits per heavy atom. The van der Waals surface area contributed by atoms with E-state index in [1.165, 1.54) is 0 Å². The van der Waals surface area contributed by atoms with E-state index in [-0.39, 0.29) is 11.8 Å². The normalized spacial score (nSPS) is 33.6. The first kappa shape index (κ1) is 18.2. The monoisotopic (exact) mass is 350 g/mol. The van der Waals surface area contributed by atoms with Gasteiger partial charge in [0.05, 0.1) is 23.0 Å². The molecule has 0 aliphatic carbocycles. The lowest BCUT2D eigenvalue weighted by Gasteiger charge is -2.35.